The first-order valence-corrected chi connectivity index (χ1v) is 7.43. The average Bonchev–Trinajstić information content (AvgIpc) is 2.76. The second-order valence-corrected chi connectivity index (χ2v) is 6.16. The molecule has 1 saturated carbocycles. The third kappa shape index (κ3) is 2.42. The lowest BCUT2D eigenvalue weighted by Crippen LogP contribution is -2.44. The fraction of sp³-hybridized carbons (Fsp3) is 0.625. The summed E-state index contributed by atoms with van der Waals surface area (Å²) in [6.45, 7) is 3.01. The van der Waals surface area contributed by atoms with Crippen LogP contribution >= 0.6 is 0 Å². The predicted molar refractivity (Wildman–Crippen MR) is 76.7 cm³/mol. The van der Waals surface area contributed by atoms with Crippen LogP contribution in [-0.2, 0) is 4.74 Å². The molecule has 2 aliphatic rings. The van der Waals surface area contributed by atoms with E-state index in [0.717, 1.165) is 25.4 Å². The molecule has 1 aromatic rings. The van der Waals surface area contributed by atoms with Crippen molar-refractivity contribution >= 4 is 0 Å². The molecule has 0 amide bonds. The van der Waals surface area contributed by atoms with Gasteiger partial charge in [0.2, 0.25) is 0 Å². The first-order chi connectivity index (χ1) is 9.23. The van der Waals surface area contributed by atoms with Gasteiger partial charge in [-0.1, -0.05) is 30.7 Å². The van der Waals surface area contributed by atoms with Crippen molar-refractivity contribution in [2.75, 3.05) is 6.61 Å². The maximum Gasteiger partial charge on any atom is 0.0862 e. The molecule has 3 N–H and O–H groups in total. The Morgan fingerprint density at radius 1 is 1.37 bits per heavy atom. The van der Waals surface area contributed by atoms with Crippen LogP contribution in [0.5, 0.6) is 0 Å². The van der Waals surface area contributed by atoms with Crippen molar-refractivity contribution in [1.82, 2.24) is 5.43 Å². The van der Waals surface area contributed by atoms with Gasteiger partial charge in [0, 0.05) is 6.61 Å². The number of hydrazine groups is 1. The van der Waals surface area contributed by atoms with Crippen LogP contribution in [-0.4, -0.2) is 12.2 Å². The molecule has 0 bridgehead atoms. The van der Waals surface area contributed by atoms with E-state index in [4.69, 9.17) is 10.6 Å². The van der Waals surface area contributed by atoms with Gasteiger partial charge >= 0.3 is 0 Å². The Balaban J connectivity index is 1.86. The van der Waals surface area contributed by atoms with Crippen molar-refractivity contribution < 1.29 is 4.74 Å². The summed E-state index contributed by atoms with van der Waals surface area (Å²) >= 11 is 0. The summed E-state index contributed by atoms with van der Waals surface area (Å²) in [5, 5.41) is 0. The first-order valence-electron chi connectivity index (χ1n) is 7.43. The molecule has 2 atom stereocenters. The Hall–Kier alpha value is -0.900. The molecule has 2 unspecified atom stereocenters. The second kappa shape index (κ2) is 5.23. The highest BCUT2D eigenvalue weighted by Gasteiger charge is 2.39. The molecule has 1 aliphatic carbocycles. The van der Waals surface area contributed by atoms with Crippen LogP contribution < -0.4 is 11.3 Å². The Kier molecular flexibility index (Phi) is 3.61. The summed E-state index contributed by atoms with van der Waals surface area (Å²) in [7, 11) is 0. The van der Waals surface area contributed by atoms with Crippen molar-refractivity contribution in [1.29, 1.82) is 0 Å². The molecule has 19 heavy (non-hydrogen) atoms. The standard InChI is InChI=1S/C16H24N2O/c1-16(9-4-10-19-16)15(18-17)14-8-3-7-13(11-14)12-5-2-6-12/h3,7-8,11-12,15,18H,2,4-6,9-10,17H2,1H3. The van der Waals surface area contributed by atoms with Gasteiger partial charge in [-0.2, -0.15) is 0 Å². The minimum absolute atomic E-state index is 0.0787. The molecule has 3 nitrogen and oxygen atoms in total. The van der Waals surface area contributed by atoms with Crippen LogP contribution in [0.1, 0.15) is 62.1 Å². The molecule has 1 heterocycles. The first kappa shape index (κ1) is 13.1. The van der Waals surface area contributed by atoms with Crippen LogP contribution in [0.15, 0.2) is 24.3 Å². The van der Waals surface area contributed by atoms with Gasteiger partial charge in [-0.3, -0.25) is 11.3 Å². The van der Waals surface area contributed by atoms with E-state index < -0.39 is 0 Å². The zero-order valence-corrected chi connectivity index (χ0v) is 11.7. The smallest absolute Gasteiger partial charge is 0.0862 e. The Bertz CT molecular complexity index is 436. The maximum absolute atomic E-state index is 5.95. The molecule has 1 saturated heterocycles. The molecular weight excluding hydrogens is 236 g/mol. The normalized spacial score (nSPS) is 29.2. The predicted octanol–water partition coefficient (Wildman–Crippen LogP) is 3.03. The summed E-state index contributed by atoms with van der Waals surface area (Å²) in [6.07, 6.45) is 6.22. The molecule has 0 spiro atoms. The van der Waals surface area contributed by atoms with Crippen LogP contribution in [0.4, 0.5) is 0 Å². The lowest BCUT2D eigenvalue weighted by molar-refractivity contribution is -0.0125. The highest BCUT2D eigenvalue weighted by molar-refractivity contribution is 5.31. The van der Waals surface area contributed by atoms with E-state index in [9.17, 15) is 0 Å². The molecule has 3 rings (SSSR count). The van der Waals surface area contributed by atoms with Gasteiger partial charge in [0.1, 0.15) is 0 Å². The molecule has 104 valence electrons. The maximum atomic E-state index is 5.95. The Morgan fingerprint density at radius 2 is 2.21 bits per heavy atom. The number of nitrogens with two attached hydrogens (primary N) is 1. The van der Waals surface area contributed by atoms with Crippen molar-refractivity contribution in [3.05, 3.63) is 35.4 Å². The van der Waals surface area contributed by atoms with Crippen LogP contribution in [0.2, 0.25) is 0 Å². The van der Waals surface area contributed by atoms with E-state index >= 15 is 0 Å². The van der Waals surface area contributed by atoms with Gasteiger partial charge in [-0.05, 0) is 49.7 Å². The van der Waals surface area contributed by atoms with Crippen LogP contribution in [0.3, 0.4) is 0 Å². The van der Waals surface area contributed by atoms with E-state index in [1.165, 1.54) is 30.4 Å². The number of benzene rings is 1. The van der Waals surface area contributed by atoms with Crippen molar-refractivity contribution in [2.24, 2.45) is 5.84 Å². The van der Waals surface area contributed by atoms with E-state index in [-0.39, 0.29) is 11.6 Å². The Morgan fingerprint density at radius 3 is 2.79 bits per heavy atom. The summed E-state index contributed by atoms with van der Waals surface area (Å²) in [6, 6.07) is 8.97. The monoisotopic (exact) mass is 260 g/mol. The highest BCUT2D eigenvalue weighted by atomic mass is 16.5. The minimum Gasteiger partial charge on any atom is -0.373 e. The number of hydrogen-bond acceptors (Lipinski definition) is 3. The van der Waals surface area contributed by atoms with Gasteiger partial charge in [-0.25, -0.2) is 0 Å². The van der Waals surface area contributed by atoms with Crippen LogP contribution in [0, 0.1) is 0 Å². The van der Waals surface area contributed by atoms with Crippen molar-refractivity contribution in [3.63, 3.8) is 0 Å². The minimum atomic E-state index is -0.174. The topological polar surface area (TPSA) is 47.3 Å². The van der Waals surface area contributed by atoms with E-state index in [0.29, 0.717) is 0 Å². The number of ether oxygens (including phenoxy) is 1. The van der Waals surface area contributed by atoms with E-state index in [1.807, 2.05) is 0 Å². The van der Waals surface area contributed by atoms with E-state index in [1.54, 1.807) is 0 Å². The molecule has 2 fully saturated rings. The number of rotatable bonds is 4. The summed E-state index contributed by atoms with van der Waals surface area (Å²) < 4.78 is 5.95. The molecule has 3 heteroatoms. The fourth-order valence-corrected chi connectivity index (χ4v) is 3.39. The fourth-order valence-electron chi connectivity index (χ4n) is 3.39. The lowest BCUT2D eigenvalue weighted by atomic mass is 9.78. The van der Waals surface area contributed by atoms with Crippen molar-refractivity contribution in [3.8, 4) is 0 Å². The van der Waals surface area contributed by atoms with Gasteiger partial charge in [0.25, 0.3) is 0 Å². The number of hydrogen-bond donors (Lipinski definition) is 2. The quantitative estimate of drug-likeness (QED) is 0.646. The largest absolute Gasteiger partial charge is 0.373 e. The molecule has 0 aromatic heterocycles. The lowest BCUT2D eigenvalue weighted by Gasteiger charge is -2.34. The SMILES string of the molecule is CC1(C(NN)c2cccc(C3CCC3)c2)CCCO1. The number of nitrogens with one attached hydrogen (secondary N) is 1. The molecule has 1 aliphatic heterocycles. The summed E-state index contributed by atoms with van der Waals surface area (Å²) in [5.41, 5.74) is 5.53. The average molecular weight is 260 g/mol. The zero-order chi connectivity index (χ0) is 13.3. The van der Waals surface area contributed by atoms with E-state index in [2.05, 4.69) is 36.6 Å². The zero-order valence-electron chi connectivity index (χ0n) is 11.7. The Labute approximate surface area is 115 Å². The molecular formula is C16H24N2O. The van der Waals surface area contributed by atoms with Crippen molar-refractivity contribution in [2.45, 2.75) is 56.6 Å². The summed E-state index contributed by atoms with van der Waals surface area (Å²) in [4.78, 5) is 0. The van der Waals surface area contributed by atoms with Gasteiger partial charge < -0.3 is 4.74 Å². The third-order valence-electron chi connectivity index (χ3n) is 4.85. The summed E-state index contributed by atoms with van der Waals surface area (Å²) in [5.74, 6) is 6.57. The van der Waals surface area contributed by atoms with Gasteiger partial charge in [0.05, 0.1) is 11.6 Å². The molecule has 0 radical (unpaired) electrons. The van der Waals surface area contributed by atoms with Crippen LogP contribution in [0.25, 0.3) is 0 Å². The second-order valence-electron chi connectivity index (χ2n) is 6.16. The third-order valence-corrected chi connectivity index (χ3v) is 4.85. The van der Waals surface area contributed by atoms with Gasteiger partial charge in [0.15, 0.2) is 0 Å². The van der Waals surface area contributed by atoms with Gasteiger partial charge in [-0.15, -0.1) is 0 Å². The molecule has 1 aromatic carbocycles. The highest BCUT2D eigenvalue weighted by Crippen LogP contribution is 2.40.